The van der Waals surface area contributed by atoms with Gasteiger partial charge in [-0.2, -0.15) is 10.2 Å². The van der Waals surface area contributed by atoms with Gasteiger partial charge in [0, 0.05) is 49.9 Å². The van der Waals surface area contributed by atoms with E-state index >= 15 is 0 Å². The zero-order chi connectivity index (χ0) is 43.9. The van der Waals surface area contributed by atoms with Crippen LogP contribution >= 0.6 is 0 Å². The second-order valence-electron chi connectivity index (χ2n) is 17.7. The fourth-order valence-electron chi connectivity index (χ4n) is 9.26. The van der Waals surface area contributed by atoms with Crippen LogP contribution < -0.4 is 26.0 Å². The normalized spacial score (nSPS) is 18.5. The largest absolute Gasteiger partial charge is 0.494 e. The standard InChI is InChI=1S/C53H58N8O3/c1-36(2)51(62)64-35-11-9-7-5-4-6-8-10-34-63-40-24-22-39(23-25-40)59-61-44-27-29-48-50-42(44)15-13-17-46(50)55-53(57-48)32-30-52(31-33-53)54-45-16-12-14-41-43(26-28-47(56-52)49(41)45)60-58-38-20-18-37(3)19-21-38/h12-29,54-57H,1,4-11,30-35H2,2-3H3/b60-58+,61-59+. The van der Waals surface area contributed by atoms with Crippen molar-refractivity contribution < 1.29 is 14.3 Å². The predicted octanol–water partition coefficient (Wildman–Crippen LogP) is 15.1. The van der Waals surface area contributed by atoms with Crippen molar-refractivity contribution in [2.75, 3.05) is 34.5 Å². The summed E-state index contributed by atoms with van der Waals surface area (Å²) in [6.45, 7) is 8.54. The summed E-state index contributed by atoms with van der Waals surface area (Å²) < 4.78 is 11.2. The highest BCUT2D eigenvalue weighted by Gasteiger charge is 2.46. The molecule has 6 aromatic carbocycles. The Kier molecular flexibility index (Phi) is 12.6. The molecule has 0 saturated heterocycles. The van der Waals surface area contributed by atoms with Crippen LogP contribution in [0.25, 0.3) is 21.5 Å². The lowest BCUT2D eigenvalue weighted by Crippen LogP contribution is -2.59. The number of nitrogens with zero attached hydrogens (tertiary/aromatic N) is 4. The maximum atomic E-state index is 11.4. The first-order chi connectivity index (χ1) is 31.3. The fraction of sp³-hybridized carbons (Fsp3) is 0.340. The summed E-state index contributed by atoms with van der Waals surface area (Å²) in [6, 6.07) is 37.2. The number of nitrogens with one attached hydrogen (secondary N) is 4. The molecule has 0 unspecified atom stereocenters. The van der Waals surface area contributed by atoms with Crippen molar-refractivity contribution in [2.45, 2.75) is 102 Å². The molecule has 1 saturated carbocycles. The van der Waals surface area contributed by atoms with Gasteiger partial charge in [-0.05, 0) is 125 Å². The average molecular weight is 855 g/mol. The molecule has 0 atom stereocenters. The second-order valence-corrected chi connectivity index (χ2v) is 17.7. The number of rotatable bonds is 17. The van der Waals surface area contributed by atoms with Crippen LogP contribution in [0.15, 0.2) is 142 Å². The van der Waals surface area contributed by atoms with Crippen molar-refractivity contribution in [3.63, 3.8) is 0 Å². The summed E-state index contributed by atoms with van der Waals surface area (Å²) >= 11 is 0. The Bertz CT molecular complexity index is 2670. The molecule has 1 aliphatic carbocycles. The number of carbonyl (C=O) groups excluding carboxylic acids is 1. The number of unbranched alkanes of at least 4 members (excludes halogenated alkanes) is 7. The van der Waals surface area contributed by atoms with Crippen molar-refractivity contribution in [1.82, 2.24) is 0 Å². The molecule has 11 heteroatoms. The van der Waals surface area contributed by atoms with Crippen LogP contribution in [0.1, 0.15) is 89.5 Å². The van der Waals surface area contributed by atoms with Crippen molar-refractivity contribution in [2.24, 2.45) is 20.5 Å². The van der Waals surface area contributed by atoms with E-state index in [0.717, 1.165) is 124 Å². The quantitative estimate of drug-likeness (QED) is 0.0311. The van der Waals surface area contributed by atoms with E-state index in [9.17, 15) is 4.79 Å². The molecular formula is C53H58N8O3. The molecule has 64 heavy (non-hydrogen) atoms. The van der Waals surface area contributed by atoms with Gasteiger partial charge in [-0.15, -0.1) is 10.2 Å². The molecule has 2 aliphatic heterocycles. The minimum absolute atomic E-state index is 0.268. The number of aryl methyl sites for hydroxylation is 1. The molecule has 1 fully saturated rings. The number of benzene rings is 6. The van der Waals surface area contributed by atoms with Crippen molar-refractivity contribution in [3.05, 3.63) is 127 Å². The zero-order valence-electron chi connectivity index (χ0n) is 37.0. The monoisotopic (exact) mass is 854 g/mol. The summed E-state index contributed by atoms with van der Waals surface area (Å²) in [5, 5.41) is 38.7. The first kappa shape index (κ1) is 42.5. The van der Waals surface area contributed by atoms with E-state index < -0.39 is 0 Å². The van der Waals surface area contributed by atoms with Crippen LogP contribution in [0.4, 0.5) is 45.5 Å². The summed E-state index contributed by atoms with van der Waals surface area (Å²) in [4.78, 5) is 11.4. The molecule has 9 rings (SSSR count). The highest BCUT2D eigenvalue weighted by Crippen LogP contribution is 2.50. The lowest BCUT2D eigenvalue weighted by atomic mass is 9.78. The van der Waals surface area contributed by atoms with Gasteiger partial charge in [0.15, 0.2) is 0 Å². The molecule has 4 N–H and O–H groups in total. The van der Waals surface area contributed by atoms with Crippen LogP contribution in [-0.2, 0) is 9.53 Å². The van der Waals surface area contributed by atoms with Gasteiger partial charge < -0.3 is 30.7 Å². The van der Waals surface area contributed by atoms with Crippen LogP contribution in [0.3, 0.4) is 0 Å². The number of hydrogen-bond acceptors (Lipinski definition) is 11. The summed E-state index contributed by atoms with van der Waals surface area (Å²) in [5.41, 5.74) is 8.89. The average Bonchev–Trinajstić information content (AvgIpc) is 3.31. The van der Waals surface area contributed by atoms with Gasteiger partial charge in [0.25, 0.3) is 0 Å². The Morgan fingerprint density at radius 1 is 0.547 bits per heavy atom. The molecule has 0 aromatic heterocycles. The maximum Gasteiger partial charge on any atom is 0.333 e. The van der Waals surface area contributed by atoms with Gasteiger partial charge in [0.05, 0.1) is 36.0 Å². The number of anilines is 4. The molecule has 3 aliphatic rings. The van der Waals surface area contributed by atoms with Crippen LogP contribution in [0, 0.1) is 6.92 Å². The molecule has 0 amide bonds. The molecule has 0 bridgehead atoms. The van der Waals surface area contributed by atoms with Gasteiger partial charge in [0.2, 0.25) is 0 Å². The lowest BCUT2D eigenvalue weighted by Gasteiger charge is -2.52. The number of carbonyl (C=O) groups is 1. The SMILES string of the molecule is C=C(C)C(=O)OCCCCCCCCCCOc1ccc(/N=N/c2ccc3c4c(cccc24)NC2(CCC4(CC2)Nc2cccc5c(/N=N/c6ccc(C)cc6)ccc(c25)N4)N3)cc1. The Morgan fingerprint density at radius 3 is 1.47 bits per heavy atom. The zero-order valence-corrected chi connectivity index (χ0v) is 37.0. The first-order valence-electron chi connectivity index (χ1n) is 23.0. The molecule has 328 valence electrons. The van der Waals surface area contributed by atoms with Crippen molar-refractivity contribution >= 4 is 73.0 Å². The van der Waals surface area contributed by atoms with Gasteiger partial charge >= 0.3 is 5.97 Å². The van der Waals surface area contributed by atoms with Gasteiger partial charge in [-0.25, -0.2) is 4.79 Å². The van der Waals surface area contributed by atoms with E-state index in [1.165, 1.54) is 31.2 Å². The van der Waals surface area contributed by atoms with E-state index in [2.05, 4.69) is 123 Å². The van der Waals surface area contributed by atoms with E-state index in [4.69, 9.17) is 14.6 Å². The summed E-state index contributed by atoms with van der Waals surface area (Å²) in [5.74, 6) is 0.551. The molecule has 0 radical (unpaired) electrons. The summed E-state index contributed by atoms with van der Waals surface area (Å²) in [6.07, 6.45) is 12.6. The number of hydrogen-bond donors (Lipinski definition) is 4. The topological polar surface area (TPSA) is 133 Å². The lowest BCUT2D eigenvalue weighted by molar-refractivity contribution is -0.139. The molecule has 6 aromatic rings. The van der Waals surface area contributed by atoms with Gasteiger partial charge in [0.1, 0.15) is 17.1 Å². The van der Waals surface area contributed by atoms with Crippen LogP contribution in [0.5, 0.6) is 5.75 Å². The van der Waals surface area contributed by atoms with Gasteiger partial charge in [-0.3, -0.25) is 0 Å². The Balaban J connectivity index is 0.760. The van der Waals surface area contributed by atoms with E-state index in [1.807, 2.05) is 36.4 Å². The Morgan fingerprint density at radius 2 is 0.984 bits per heavy atom. The van der Waals surface area contributed by atoms with Crippen LogP contribution in [-0.4, -0.2) is 30.5 Å². The minimum Gasteiger partial charge on any atom is -0.494 e. The fourth-order valence-corrected chi connectivity index (χ4v) is 9.26. The smallest absolute Gasteiger partial charge is 0.333 e. The molecule has 2 spiro atoms. The Hall–Kier alpha value is -6.75. The summed E-state index contributed by atoms with van der Waals surface area (Å²) in [7, 11) is 0. The third kappa shape index (κ3) is 9.58. The minimum atomic E-state index is -0.293. The predicted molar refractivity (Wildman–Crippen MR) is 260 cm³/mol. The molecular weight excluding hydrogens is 797 g/mol. The number of azo groups is 2. The maximum absolute atomic E-state index is 11.4. The van der Waals surface area contributed by atoms with E-state index in [0.29, 0.717) is 18.8 Å². The van der Waals surface area contributed by atoms with E-state index in [-0.39, 0.29) is 17.3 Å². The van der Waals surface area contributed by atoms with Crippen molar-refractivity contribution in [3.8, 4) is 5.75 Å². The highest BCUT2D eigenvalue weighted by atomic mass is 16.5. The molecule has 2 heterocycles. The van der Waals surface area contributed by atoms with E-state index in [1.54, 1.807) is 6.92 Å². The third-order valence-corrected chi connectivity index (χ3v) is 12.8. The van der Waals surface area contributed by atoms with Crippen LogP contribution in [0.2, 0.25) is 0 Å². The van der Waals surface area contributed by atoms with Crippen molar-refractivity contribution in [1.29, 1.82) is 0 Å². The number of ether oxygens (including phenoxy) is 2. The first-order valence-corrected chi connectivity index (χ1v) is 23.0. The Labute approximate surface area is 375 Å². The third-order valence-electron chi connectivity index (χ3n) is 12.8. The highest BCUT2D eigenvalue weighted by molar-refractivity contribution is 6.11. The second kappa shape index (κ2) is 18.9. The van der Waals surface area contributed by atoms with Gasteiger partial charge in [-0.1, -0.05) is 87.1 Å². The number of esters is 1. The molecule has 11 nitrogen and oxygen atoms in total.